The summed E-state index contributed by atoms with van der Waals surface area (Å²) in [6.07, 6.45) is 1.63. The summed E-state index contributed by atoms with van der Waals surface area (Å²) < 4.78 is 5.19. The van der Waals surface area contributed by atoms with Crippen molar-refractivity contribution in [3.8, 4) is 0 Å². The molecule has 0 saturated heterocycles. The van der Waals surface area contributed by atoms with Crippen LogP contribution in [-0.4, -0.2) is 0 Å². The molecule has 2 rings (SSSR count). The molecule has 0 atom stereocenters. The standard InChI is InChI=1S/C11H9Cl2NO/c12-9-4-1-5-10(13)11(9)14-7-8-3-2-6-15-8/h1-6,14H,7H2. The molecule has 0 bridgehead atoms. The van der Waals surface area contributed by atoms with Crippen molar-refractivity contribution in [1.82, 2.24) is 0 Å². The van der Waals surface area contributed by atoms with Crippen LogP contribution in [0.3, 0.4) is 0 Å². The summed E-state index contributed by atoms with van der Waals surface area (Å²) in [7, 11) is 0. The number of nitrogens with one attached hydrogen (secondary N) is 1. The number of anilines is 1. The molecule has 0 aliphatic carbocycles. The summed E-state index contributed by atoms with van der Waals surface area (Å²) in [5.74, 6) is 0.839. The summed E-state index contributed by atoms with van der Waals surface area (Å²) in [6, 6.07) is 9.11. The van der Waals surface area contributed by atoms with Gasteiger partial charge in [0.05, 0.1) is 28.5 Å². The maximum atomic E-state index is 5.99. The Morgan fingerprint density at radius 3 is 2.40 bits per heavy atom. The lowest BCUT2D eigenvalue weighted by Gasteiger charge is -2.08. The summed E-state index contributed by atoms with van der Waals surface area (Å²) in [4.78, 5) is 0. The fourth-order valence-corrected chi connectivity index (χ4v) is 1.79. The van der Waals surface area contributed by atoms with Crippen molar-refractivity contribution in [2.75, 3.05) is 5.32 Å². The van der Waals surface area contributed by atoms with Crippen LogP contribution in [-0.2, 0) is 6.54 Å². The summed E-state index contributed by atoms with van der Waals surface area (Å²) >= 11 is 12.0. The lowest BCUT2D eigenvalue weighted by molar-refractivity contribution is 0.518. The summed E-state index contributed by atoms with van der Waals surface area (Å²) in [6.45, 7) is 0.566. The summed E-state index contributed by atoms with van der Waals surface area (Å²) in [5, 5.41) is 4.34. The second-order valence-corrected chi connectivity index (χ2v) is 3.84. The van der Waals surface area contributed by atoms with Crippen molar-refractivity contribution >= 4 is 28.9 Å². The van der Waals surface area contributed by atoms with Crippen molar-refractivity contribution < 1.29 is 4.42 Å². The highest BCUT2D eigenvalue weighted by molar-refractivity contribution is 6.39. The van der Waals surface area contributed by atoms with Gasteiger partial charge in [-0.1, -0.05) is 29.3 Å². The second kappa shape index (κ2) is 4.60. The molecule has 0 aliphatic rings. The molecule has 0 unspecified atom stereocenters. The minimum absolute atomic E-state index is 0.566. The van der Waals surface area contributed by atoms with Gasteiger partial charge in [-0.15, -0.1) is 0 Å². The Morgan fingerprint density at radius 2 is 1.80 bits per heavy atom. The molecule has 0 radical (unpaired) electrons. The van der Waals surface area contributed by atoms with Crippen LogP contribution in [0.1, 0.15) is 5.76 Å². The maximum absolute atomic E-state index is 5.99. The van der Waals surface area contributed by atoms with Crippen molar-refractivity contribution in [3.05, 3.63) is 52.4 Å². The SMILES string of the molecule is Clc1cccc(Cl)c1NCc1ccco1. The van der Waals surface area contributed by atoms with Crippen molar-refractivity contribution in [2.24, 2.45) is 0 Å². The van der Waals surface area contributed by atoms with Gasteiger partial charge in [0.2, 0.25) is 0 Å². The predicted octanol–water partition coefficient (Wildman–Crippen LogP) is 4.20. The van der Waals surface area contributed by atoms with E-state index in [0.29, 0.717) is 16.6 Å². The van der Waals surface area contributed by atoms with E-state index in [4.69, 9.17) is 27.6 Å². The van der Waals surface area contributed by atoms with Crippen LogP contribution in [0, 0.1) is 0 Å². The molecule has 0 amide bonds. The van der Waals surface area contributed by atoms with Crippen LogP contribution < -0.4 is 5.32 Å². The number of hydrogen-bond donors (Lipinski definition) is 1. The van der Waals surface area contributed by atoms with Gasteiger partial charge in [0.25, 0.3) is 0 Å². The van der Waals surface area contributed by atoms with Gasteiger partial charge in [0.1, 0.15) is 5.76 Å². The summed E-state index contributed by atoms with van der Waals surface area (Å²) in [5.41, 5.74) is 0.734. The lowest BCUT2D eigenvalue weighted by atomic mass is 10.3. The molecule has 0 aliphatic heterocycles. The third kappa shape index (κ3) is 2.46. The van der Waals surface area contributed by atoms with Crippen LogP contribution in [0.5, 0.6) is 0 Å². The minimum Gasteiger partial charge on any atom is -0.467 e. The number of para-hydroxylation sites is 1. The monoisotopic (exact) mass is 241 g/mol. The Hall–Kier alpha value is -1.12. The largest absolute Gasteiger partial charge is 0.467 e. The van der Waals surface area contributed by atoms with Crippen molar-refractivity contribution in [3.63, 3.8) is 0 Å². The number of halogens is 2. The highest BCUT2D eigenvalue weighted by atomic mass is 35.5. The van der Waals surface area contributed by atoms with Crippen molar-refractivity contribution in [1.29, 1.82) is 0 Å². The van der Waals surface area contributed by atoms with E-state index in [0.717, 1.165) is 11.4 Å². The quantitative estimate of drug-likeness (QED) is 0.872. The zero-order chi connectivity index (χ0) is 10.7. The van der Waals surface area contributed by atoms with Crippen molar-refractivity contribution in [2.45, 2.75) is 6.54 Å². The highest BCUT2D eigenvalue weighted by Crippen LogP contribution is 2.30. The Morgan fingerprint density at radius 1 is 1.07 bits per heavy atom. The Kier molecular flexibility index (Phi) is 3.19. The molecule has 2 aromatic rings. The molecule has 2 nitrogen and oxygen atoms in total. The molecular formula is C11H9Cl2NO. The molecule has 1 aromatic heterocycles. The molecule has 1 heterocycles. The van der Waals surface area contributed by atoms with Gasteiger partial charge < -0.3 is 9.73 Å². The fraction of sp³-hybridized carbons (Fsp3) is 0.0909. The molecule has 4 heteroatoms. The van der Waals surface area contributed by atoms with Crippen LogP contribution in [0.25, 0.3) is 0 Å². The molecule has 1 N–H and O–H groups in total. The molecule has 0 saturated carbocycles. The van der Waals surface area contributed by atoms with E-state index in [1.165, 1.54) is 0 Å². The zero-order valence-electron chi connectivity index (χ0n) is 7.84. The Labute approximate surface area is 97.8 Å². The molecule has 0 spiro atoms. The predicted molar refractivity (Wildman–Crippen MR) is 62.5 cm³/mol. The Balaban J connectivity index is 2.11. The van der Waals surface area contributed by atoms with Gasteiger partial charge in [0, 0.05) is 0 Å². The topological polar surface area (TPSA) is 25.2 Å². The van der Waals surface area contributed by atoms with Gasteiger partial charge in [-0.3, -0.25) is 0 Å². The van der Waals surface area contributed by atoms with Crippen LogP contribution in [0.15, 0.2) is 41.0 Å². The van der Waals surface area contributed by atoms with Crippen LogP contribution >= 0.6 is 23.2 Å². The maximum Gasteiger partial charge on any atom is 0.122 e. The fourth-order valence-electron chi connectivity index (χ4n) is 1.26. The van der Waals surface area contributed by atoms with Gasteiger partial charge in [0.15, 0.2) is 0 Å². The number of furan rings is 1. The highest BCUT2D eigenvalue weighted by Gasteiger charge is 2.04. The van der Waals surface area contributed by atoms with Gasteiger partial charge in [-0.05, 0) is 24.3 Å². The van der Waals surface area contributed by atoms with Crippen LogP contribution in [0.4, 0.5) is 5.69 Å². The van der Waals surface area contributed by atoms with E-state index in [1.54, 1.807) is 18.4 Å². The molecule has 0 fully saturated rings. The minimum atomic E-state index is 0.566. The molecular weight excluding hydrogens is 233 g/mol. The molecule has 15 heavy (non-hydrogen) atoms. The number of hydrogen-bond acceptors (Lipinski definition) is 2. The van der Waals surface area contributed by atoms with Gasteiger partial charge >= 0.3 is 0 Å². The van der Waals surface area contributed by atoms with E-state index in [2.05, 4.69) is 5.32 Å². The normalized spacial score (nSPS) is 10.3. The average molecular weight is 242 g/mol. The lowest BCUT2D eigenvalue weighted by Crippen LogP contribution is -1.99. The first-order chi connectivity index (χ1) is 7.27. The van der Waals surface area contributed by atoms with Gasteiger partial charge in [-0.2, -0.15) is 0 Å². The zero-order valence-corrected chi connectivity index (χ0v) is 9.35. The Bertz CT molecular complexity index is 420. The van der Waals surface area contributed by atoms with Gasteiger partial charge in [-0.25, -0.2) is 0 Å². The number of rotatable bonds is 3. The van der Waals surface area contributed by atoms with Crippen LogP contribution in [0.2, 0.25) is 10.0 Å². The third-order valence-corrected chi connectivity index (χ3v) is 2.61. The smallest absolute Gasteiger partial charge is 0.122 e. The van der Waals surface area contributed by atoms with E-state index in [-0.39, 0.29) is 0 Å². The molecule has 1 aromatic carbocycles. The first-order valence-electron chi connectivity index (χ1n) is 4.47. The van der Waals surface area contributed by atoms with E-state index < -0.39 is 0 Å². The first-order valence-corrected chi connectivity index (χ1v) is 5.23. The van der Waals surface area contributed by atoms with E-state index in [1.807, 2.05) is 18.2 Å². The van der Waals surface area contributed by atoms with E-state index in [9.17, 15) is 0 Å². The molecule has 78 valence electrons. The van der Waals surface area contributed by atoms with E-state index >= 15 is 0 Å². The third-order valence-electron chi connectivity index (χ3n) is 1.98. The average Bonchev–Trinajstić information content (AvgIpc) is 2.70. The second-order valence-electron chi connectivity index (χ2n) is 3.03. The number of benzene rings is 1. The first kappa shape index (κ1) is 10.4.